The Labute approximate surface area is 177 Å². The fraction of sp³-hybridized carbons (Fsp3) is 0.364. The number of nitrogens with one attached hydrogen (secondary N) is 1. The quantitative estimate of drug-likeness (QED) is 0.622. The molecule has 0 aliphatic carbocycles. The first-order chi connectivity index (χ1) is 14.0. The standard InChI is InChI=1S/C22H28N2O5S/c1-14(2)18-7-5-17(6-8-18)9-10-24-21(25)13-29-22(26)19-11-15(3)16(4)20(12-19)30(23,27)28/h5-8,11-12,14H,9-10,13H2,1-4H3,(H,24,25)(H2,23,27,28). The summed E-state index contributed by atoms with van der Waals surface area (Å²) in [6.45, 7) is 7.49. The van der Waals surface area contributed by atoms with Crippen LogP contribution in [-0.4, -0.2) is 33.4 Å². The zero-order valence-electron chi connectivity index (χ0n) is 17.7. The van der Waals surface area contributed by atoms with Gasteiger partial charge in [0.05, 0.1) is 10.5 Å². The number of rotatable bonds is 8. The molecule has 7 nitrogen and oxygen atoms in total. The van der Waals surface area contributed by atoms with Crippen molar-refractivity contribution in [1.29, 1.82) is 0 Å². The highest BCUT2D eigenvalue weighted by atomic mass is 32.2. The number of nitrogens with two attached hydrogens (primary N) is 1. The molecule has 2 rings (SSSR count). The van der Waals surface area contributed by atoms with Crippen LogP contribution in [0.5, 0.6) is 0 Å². The number of hydrogen-bond acceptors (Lipinski definition) is 5. The van der Waals surface area contributed by atoms with Gasteiger partial charge in [-0.05, 0) is 60.6 Å². The van der Waals surface area contributed by atoms with Crippen molar-refractivity contribution in [2.24, 2.45) is 5.14 Å². The Morgan fingerprint density at radius 3 is 2.30 bits per heavy atom. The van der Waals surface area contributed by atoms with Gasteiger partial charge in [-0.15, -0.1) is 0 Å². The van der Waals surface area contributed by atoms with Crippen molar-refractivity contribution in [1.82, 2.24) is 5.32 Å². The molecule has 30 heavy (non-hydrogen) atoms. The number of ether oxygens (including phenoxy) is 1. The number of carbonyl (C=O) groups is 2. The van der Waals surface area contributed by atoms with Crippen molar-refractivity contribution in [2.75, 3.05) is 13.2 Å². The van der Waals surface area contributed by atoms with Crippen LogP contribution in [0.2, 0.25) is 0 Å². The van der Waals surface area contributed by atoms with Gasteiger partial charge < -0.3 is 10.1 Å². The normalized spacial score (nSPS) is 11.4. The Bertz CT molecular complexity index is 1030. The van der Waals surface area contributed by atoms with Crippen LogP contribution < -0.4 is 10.5 Å². The summed E-state index contributed by atoms with van der Waals surface area (Å²) in [5.41, 5.74) is 3.43. The lowest BCUT2D eigenvalue weighted by Crippen LogP contribution is -2.30. The molecule has 0 fully saturated rings. The van der Waals surface area contributed by atoms with Gasteiger partial charge >= 0.3 is 5.97 Å². The maximum absolute atomic E-state index is 12.2. The third kappa shape index (κ3) is 6.40. The minimum atomic E-state index is -3.98. The largest absolute Gasteiger partial charge is 0.452 e. The number of amides is 1. The summed E-state index contributed by atoms with van der Waals surface area (Å²) in [5.74, 6) is -0.758. The Balaban J connectivity index is 1.87. The molecule has 0 aliphatic heterocycles. The summed E-state index contributed by atoms with van der Waals surface area (Å²) < 4.78 is 28.4. The molecular formula is C22H28N2O5S. The van der Waals surface area contributed by atoms with Crippen LogP contribution in [0.1, 0.15) is 52.4 Å². The highest BCUT2D eigenvalue weighted by Crippen LogP contribution is 2.20. The van der Waals surface area contributed by atoms with E-state index < -0.39 is 28.5 Å². The fourth-order valence-electron chi connectivity index (χ4n) is 2.92. The van der Waals surface area contributed by atoms with E-state index in [4.69, 9.17) is 9.88 Å². The van der Waals surface area contributed by atoms with E-state index in [1.165, 1.54) is 17.7 Å². The van der Waals surface area contributed by atoms with E-state index in [1.54, 1.807) is 13.8 Å². The molecule has 0 atom stereocenters. The first-order valence-electron chi connectivity index (χ1n) is 9.65. The number of hydrogen-bond donors (Lipinski definition) is 2. The SMILES string of the molecule is Cc1cc(C(=O)OCC(=O)NCCc2ccc(C(C)C)cc2)cc(S(N)(=O)=O)c1C. The van der Waals surface area contributed by atoms with Crippen LogP contribution in [0.25, 0.3) is 0 Å². The second-order valence-electron chi connectivity index (χ2n) is 7.53. The minimum absolute atomic E-state index is 0.0279. The third-order valence-electron chi connectivity index (χ3n) is 4.88. The molecule has 0 aromatic heterocycles. The Morgan fingerprint density at radius 1 is 1.10 bits per heavy atom. The molecule has 8 heteroatoms. The summed E-state index contributed by atoms with van der Waals surface area (Å²) in [6.07, 6.45) is 0.660. The number of sulfonamides is 1. The van der Waals surface area contributed by atoms with Crippen LogP contribution in [0.15, 0.2) is 41.3 Å². The van der Waals surface area contributed by atoms with E-state index in [9.17, 15) is 18.0 Å². The molecule has 0 spiro atoms. The first-order valence-corrected chi connectivity index (χ1v) is 11.2. The lowest BCUT2D eigenvalue weighted by molar-refractivity contribution is -0.124. The van der Waals surface area contributed by atoms with E-state index >= 15 is 0 Å². The second kappa shape index (κ2) is 9.86. The maximum atomic E-state index is 12.2. The van der Waals surface area contributed by atoms with Crippen LogP contribution in [0, 0.1) is 13.8 Å². The number of primary sulfonamides is 1. The Hall–Kier alpha value is -2.71. The Morgan fingerprint density at radius 2 is 1.73 bits per heavy atom. The minimum Gasteiger partial charge on any atom is -0.452 e. The molecule has 0 saturated carbocycles. The van der Waals surface area contributed by atoms with Gasteiger partial charge in [0.1, 0.15) is 0 Å². The fourth-order valence-corrected chi connectivity index (χ4v) is 3.80. The van der Waals surface area contributed by atoms with E-state index in [-0.39, 0.29) is 10.5 Å². The monoisotopic (exact) mass is 432 g/mol. The molecule has 3 N–H and O–H groups in total. The number of carbonyl (C=O) groups excluding carboxylic acids is 2. The van der Waals surface area contributed by atoms with Crippen LogP contribution >= 0.6 is 0 Å². The van der Waals surface area contributed by atoms with Gasteiger partial charge in [0, 0.05) is 6.54 Å². The highest BCUT2D eigenvalue weighted by Gasteiger charge is 2.18. The van der Waals surface area contributed by atoms with Crippen molar-refractivity contribution in [3.63, 3.8) is 0 Å². The third-order valence-corrected chi connectivity index (χ3v) is 5.92. The molecule has 0 unspecified atom stereocenters. The van der Waals surface area contributed by atoms with Gasteiger partial charge in [-0.25, -0.2) is 18.4 Å². The molecule has 0 heterocycles. The summed E-state index contributed by atoms with van der Waals surface area (Å²) in [5, 5.41) is 7.90. The van der Waals surface area contributed by atoms with Crippen molar-refractivity contribution in [3.05, 3.63) is 64.2 Å². The number of esters is 1. The van der Waals surface area contributed by atoms with Crippen molar-refractivity contribution in [3.8, 4) is 0 Å². The van der Waals surface area contributed by atoms with Gasteiger partial charge in [0.2, 0.25) is 10.0 Å². The maximum Gasteiger partial charge on any atom is 0.338 e. The molecule has 0 aliphatic rings. The number of benzene rings is 2. The number of aryl methyl sites for hydroxylation is 1. The van der Waals surface area contributed by atoms with Crippen molar-refractivity contribution >= 4 is 21.9 Å². The van der Waals surface area contributed by atoms with Crippen LogP contribution in [0.4, 0.5) is 0 Å². The molecule has 2 aromatic rings. The van der Waals surface area contributed by atoms with Crippen molar-refractivity contribution < 1.29 is 22.7 Å². The van der Waals surface area contributed by atoms with E-state index in [2.05, 4.69) is 31.3 Å². The predicted octanol–water partition coefficient (Wildman–Crippen LogP) is 2.59. The van der Waals surface area contributed by atoms with E-state index in [1.807, 2.05) is 12.1 Å². The lowest BCUT2D eigenvalue weighted by Gasteiger charge is -2.11. The molecule has 0 radical (unpaired) electrons. The van der Waals surface area contributed by atoms with Gasteiger partial charge in [0.15, 0.2) is 6.61 Å². The Kier molecular flexibility index (Phi) is 7.75. The average Bonchev–Trinajstić information content (AvgIpc) is 2.67. The lowest BCUT2D eigenvalue weighted by atomic mass is 10.0. The first kappa shape index (κ1) is 23.6. The predicted molar refractivity (Wildman–Crippen MR) is 115 cm³/mol. The molecule has 2 aromatic carbocycles. The van der Waals surface area contributed by atoms with Crippen molar-refractivity contribution in [2.45, 2.75) is 44.9 Å². The van der Waals surface area contributed by atoms with Crippen LogP contribution in [-0.2, 0) is 26.0 Å². The summed E-state index contributed by atoms with van der Waals surface area (Å²) in [6, 6.07) is 10.9. The summed E-state index contributed by atoms with van der Waals surface area (Å²) in [7, 11) is -3.98. The van der Waals surface area contributed by atoms with Gasteiger partial charge in [-0.3, -0.25) is 4.79 Å². The van der Waals surface area contributed by atoms with E-state index in [0.717, 1.165) is 5.56 Å². The molecule has 162 valence electrons. The zero-order chi connectivity index (χ0) is 22.5. The molecule has 1 amide bonds. The zero-order valence-corrected chi connectivity index (χ0v) is 18.5. The second-order valence-corrected chi connectivity index (χ2v) is 9.06. The topological polar surface area (TPSA) is 116 Å². The summed E-state index contributed by atoms with van der Waals surface area (Å²) in [4.78, 5) is 24.1. The smallest absolute Gasteiger partial charge is 0.338 e. The summed E-state index contributed by atoms with van der Waals surface area (Å²) >= 11 is 0. The van der Waals surface area contributed by atoms with Gasteiger partial charge in [-0.2, -0.15) is 0 Å². The van der Waals surface area contributed by atoms with Crippen LogP contribution in [0.3, 0.4) is 0 Å². The molecular weight excluding hydrogens is 404 g/mol. The highest BCUT2D eigenvalue weighted by molar-refractivity contribution is 7.89. The average molecular weight is 433 g/mol. The molecule has 0 bridgehead atoms. The van der Waals surface area contributed by atoms with Gasteiger partial charge in [-0.1, -0.05) is 38.1 Å². The van der Waals surface area contributed by atoms with Gasteiger partial charge in [0.25, 0.3) is 5.91 Å². The molecule has 0 saturated heterocycles. The van der Waals surface area contributed by atoms with E-state index in [0.29, 0.717) is 30.0 Å².